The van der Waals surface area contributed by atoms with Crippen molar-refractivity contribution in [2.45, 2.75) is 33.2 Å². The molecule has 19 heavy (non-hydrogen) atoms. The zero-order valence-electron chi connectivity index (χ0n) is 11.7. The lowest BCUT2D eigenvalue weighted by Gasteiger charge is -2.18. The molecule has 100 valence electrons. The van der Waals surface area contributed by atoms with Gasteiger partial charge >= 0.3 is 0 Å². The van der Waals surface area contributed by atoms with E-state index in [2.05, 4.69) is 36.5 Å². The van der Waals surface area contributed by atoms with Crippen LogP contribution in [-0.4, -0.2) is 0 Å². The zero-order valence-corrected chi connectivity index (χ0v) is 11.7. The molecule has 0 heterocycles. The number of halogens is 1. The molecule has 0 aliphatic heterocycles. The molecule has 2 heteroatoms. The van der Waals surface area contributed by atoms with Crippen LogP contribution < -0.4 is 5.32 Å². The van der Waals surface area contributed by atoms with E-state index in [0.29, 0.717) is 5.69 Å². The molecule has 0 saturated heterocycles. The van der Waals surface area contributed by atoms with Gasteiger partial charge in [-0.2, -0.15) is 0 Å². The van der Waals surface area contributed by atoms with Crippen LogP contribution in [-0.2, 0) is 6.42 Å². The molecule has 1 N–H and O–H groups in total. The molecule has 0 radical (unpaired) electrons. The van der Waals surface area contributed by atoms with Gasteiger partial charge in [0.1, 0.15) is 5.82 Å². The Morgan fingerprint density at radius 1 is 1.11 bits per heavy atom. The first-order valence-electron chi connectivity index (χ1n) is 6.72. The molecule has 2 aromatic rings. The Bertz CT molecular complexity index is 525. The molecule has 0 bridgehead atoms. The van der Waals surface area contributed by atoms with E-state index in [4.69, 9.17) is 0 Å². The number of hydrogen-bond donors (Lipinski definition) is 1. The van der Waals surface area contributed by atoms with Crippen molar-refractivity contribution >= 4 is 5.69 Å². The van der Waals surface area contributed by atoms with Gasteiger partial charge in [0.15, 0.2) is 0 Å². The Kier molecular flexibility index (Phi) is 4.20. The van der Waals surface area contributed by atoms with E-state index in [-0.39, 0.29) is 11.9 Å². The van der Waals surface area contributed by atoms with Gasteiger partial charge < -0.3 is 5.32 Å². The van der Waals surface area contributed by atoms with Crippen LogP contribution in [0.15, 0.2) is 42.5 Å². The normalized spacial score (nSPS) is 12.2. The van der Waals surface area contributed by atoms with Crippen LogP contribution in [0.3, 0.4) is 0 Å². The average Bonchev–Trinajstić information content (AvgIpc) is 2.43. The van der Waals surface area contributed by atoms with Gasteiger partial charge in [0.25, 0.3) is 0 Å². The lowest BCUT2D eigenvalue weighted by Crippen LogP contribution is -2.09. The second-order valence-corrected chi connectivity index (χ2v) is 4.89. The Labute approximate surface area is 114 Å². The molecule has 0 amide bonds. The molecule has 0 aromatic heterocycles. The fourth-order valence-corrected chi connectivity index (χ4v) is 2.16. The van der Waals surface area contributed by atoms with E-state index in [1.54, 1.807) is 6.07 Å². The summed E-state index contributed by atoms with van der Waals surface area (Å²) in [5.41, 5.74) is 4.00. The summed E-state index contributed by atoms with van der Waals surface area (Å²) in [5, 5.41) is 3.26. The van der Waals surface area contributed by atoms with Crippen LogP contribution in [0.2, 0.25) is 0 Å². The average molecular weight is 257 g/mol. The first kappa shape index (κ1) is 13.6. The van der Waals surface area contributed by atoms with Crippen molar-refractivity contribution in [1.29, 1.82) is 0 Å². The molecule has 2 aromatic carbocycles. The van der Waals surface area contributed by atoms with Gasteiger partial charge in [-0.3, -0.25) is 0 Å². The van der Waals surface area contributed by atoms with Crippen molar-refractivity contribution in [3.8, 4) is 0 Å². The molecular formula is C17H20FN. The molecule has 0 saturated carbocycles. The second kappa shape index (κ2) is 5.87. The summed E-state index contributed by atoms with van der Waals surface area (Å²) >= 11 is 0. The zero-order chi connectivity index (χ0) is 13.8. The van der Waals surface area contributed by atoms with Crippen LogP contribution in [0.5, 0.6) is 0 Å². The number of nitrogens with one attached hydrogen (secondary N) is 1. The summed E-state index contributed by atoms with van der Waals surface area (Å²) in [5.74, 6) is -0.197. The molecule has 1 unspecified atom stereocenters. The highest BCUT2D eigenvalue weighted by molar-refractivity contribution is 5.53. The highest BCUT2D eigenvalue weighted by atomic mass is 19.1. The second-order valence-electron chi connectivity index (χ2n) is 4.89. The van der Waals surface area contributed by atoms with Crippen LogP contribution in [0.1, 0.15) is 36.6 Å². The van der Waals surface area contributed by atoms with Crippen molar-refractivity contribution < 1.29 is 4.39 Å². The molecule has 0 spiro atoms. The standard InChI is InChI=1S/C17H20FN/c1-4-14-8-10-15(11-9-14)13(3)19-17-12(2)6-5-7-16(17)18/h5-11,13,19H,4H2,1-3H3. The smallest absolute Gasteiger partial charge is 0.146 e. The number of para-hydroxylation sites is 1. The number of hydrogen-bond acceptors (Lipinski definition) is 1. The van der Waals surface area contributed by atoms with Crippen LogP contribution in [0.4, 0.5) is 10.1 Å². The number of aryl methyl sites for hydroxylation is 2. The Morgan fingerprint density at radius 2 is 1.79 bits per heavy atom. The number of anilines is 1. The topological polar surface area (TPSA) is 12.0 Å². The SMILES string of the molecule is CCc1ccc(C(C)Nc2c(C)cccc2F)cc1. The third-order valence-electron chi connectivity index (χ3n) is 3.47. The number of rotatable bonds is 4. The molecule has 1 atom stereocenters. The first-order valence-corrected chi connectivity index (χ1v) is 6.72. The van der Waals surface area contributed by atoms with E-state index in [0.717, 1.165) is 12.0 Å². The quantitative estimate of drug-likeness (QED) is 0.824. The first-order chi connectivity index (χ1) is 9.11. The molecular weight excluding hydrogens is 237 g/mol. The largest absolute Gasteiger partial charge is 0.376 e. The van der Waals surface area contributed by atoms with Crippen LogP contribution in [0.25, 0.3) is 0 Å². The summed E-state index contributed by atoms with van der Waals surface area (Å²) in [7, 11) is 0. The Morgan fingerprint density at radius 3 is 2.37 bits per heavy atom. The van der Waals surface area contributed by atoms with Crippen molar-refractivity contribution in [1.82, 2.24) is 0 Å². The predicted octanol–water partition coefficient (Wildman–Crippen LogP) is 4.87. The third-order valence-corrected chi connectivity index (χ3v) is 3.47. The minimum atomic E-state index is -0.197. The fraction of sp³-hybridized carbons (Fsp3) is 0.294. The molecule has 2 rings (SSSR count). The summed E-state index contributed by atoms with van der Waals surface area (Å²) in [6.45, 7) is 6.10. The highest BCUT2D eigenvalue weighted by Crippen LogP contribution is 2.25. The van der Waals surface area contributed by atoms with Gasteiger partial charge in [-0.1, -0.05) is 43.3 Å². The van der Waals surface area contributed by atoms with E-state index in [9.17, 15) is 4.39 Å². The van der Waals surface area contributed by atoms with E-state index < -0.39 is 0 Å². The summed E-state index contributed by atoms with van der Waals surface area (Å²) in [6.07, 6.45) is 1.04. The minimum Gasteiger partial charge on any atom is -0.376 e. The maximum absolute atomic E-state index is 13.8. The highest BCUT2D eigenvalue weighted by Gasteiger charge is 2.10. The van der Waals surface area contributed by atoms with Gasteiger partial charge in [-0.25, -0.2) is 4.39 Å². The lowest BCUT2D eigenvalue weighted by atomic mass is 10.0. The molecule has 0 fully saturated rings. The molecule has 0 aliphatic carbocycles. The maximum Gasteiger partial charge on any atom is 0.146 e. The van der Waals surface area contributed by atoms with Gasteiger partial charge in [0, 0.05) is 6.04 Å². The lowest BCUT2D eigenvalue weighted by molar-refractivity contribution is 0.626. The molecule has 1 nitrogen and oxygen atoms in total. The van der Waals surface area contributed by atoms with Gasteiger partial charge in [-0.15, -0.1) is 0 Å². The monoisotopic (exact) mass is 257 g/mol. The number of benzene rings is 2. The van der Waals surface area contributed by atoms with Crippen molar-refractivity contribution in [2.24, 2.45) is 0 Å². The summed E-state index contributed by atoms with van der Waals surface area (Å²) in [6, 6.07) is 13.7. The Hall–Kier alpha value is -1.83. The van der Waals surface area contributed by atoms with Crippen molar-refractivity contribution in [3.05, 3.63) is 65.0 Å². The Balaban J connectivity index is 2.18. The fourth-order valence-electron chi connectivity index (χ4n) is 2.16. The van der Waals surface area contributed by atoms with Crippen molar-refractivity contribution in [2.75, 3.05) is 5.32 Å². The van der Waals surface area contributed by atoms with Gasteiger partial charge in [0.2, 0.25) is 0 Å². The van der Waals surface area contributed by atoms with Crippen LogP contribution >= 0.6 is 0 Å². The van der Waals surface area contributed by atoms with Crippen molar-refractivity contribution in [3.63, 3.8) is 0 Å². The van der Waals surface area contributed by atoms with E-state index in [1.165, 1.54) is 17.2 Å². The van der Waals surface area contributed by atoms with Gasteiger partial charge in [-0.05, 0) is 43.0 Å². The minimum absolute atomic E-state index is 0.0847. The van der Waals surface area contributed by atoms with Gasteiger partial charge in [0.05, 0.1) is 5.69 Å². The van der Waals surface area contributed by atoms with E-state index >= 15 is 0 Å². The predicted molar refractivity (Wildman–Crippen MR) is 79.0 cm³/mol. The summed E-state index contributed by atoms with van der Waals surface area (Å²) in [4.78, 5) is 0. The third kappa shape index (κ3) is 3.14. The molecule has 0 aliphatic rings. The summed E-state index contributed by atoms with van der Waals surface area (Å²) < 4.78 is 13.8. The van der Waals surface area contributed by atoms with Crippen LogP contribution in [0, 0.1) is 12.7 Å². The maximum atomic E-state index is 13.8. The van der Waals surface area contributed by atoms with E-state index in [1.807, 2.05) is 19.9 Å².